The first-order chi connectivity index (χ1) is 18.2. The number of nitrogens with zero attached hydrogens (tertiary/aromatic N) is 2. The van der Waals surface area contributed by atoms with Crippen LogP contribution in [0, 0.1) is 5.82 Å². The molecule has 0 aromatic heterocycles. The third-order valence-corrected chi connectivity index (χ3v) is 7.96. The summed E-state index contributed by atoms with van der Waals surface area (Å²) < 4.78 is 43.0. The van der Waals surface area contributed by atoms with E-state index in [1.54, 1.807) is 49.4 Å². The van der Waals surface area contributed by atoms with E-state index in [4.69, 9.17) is 11.6 Å². The lowest BCUT2D eigenvalue weighted by Crippen LogP contribution is -2.52. The summed E-state index contributed by atoms with van der Waals surface area (Å²) in [6.45, 7) is 3.45. The standard InChI is InChI=1S/C28H31ClFN3O4S/c1-3-18-31-28(35)25(4-2)32(19-21-14-16-22(29)17-15-21)27(34)20-33(26-13-9-8-12-24(26)30)38(36,37)23-10-6-5-7-11-23/h5-17,25H,3-4,18-20H2,1-2H3,(H,31,35)/t25-/m0/s1. The third kappa shape index (κ3) is 7.11. The van der Waals surface area contributed by atoms with Gasteiger partial charge in [-0.05, 0) is 54.8 Å². The van der Waals surface area contributed by atoms with Gasteiger partial charge in [-0.15, -0.1) is 0 Å². The van der Waals surface area contributed by atoms with Crippen molar-refractivity contribution in [1.29, 1.82) is 0 Å². The molecule has 1 atom stereocenters. The molecule has 2 amide bonds. The zero-order valence-corrected chi connectivity index (χ0v) is 22.9. The summed E-state index contributed by atoms with van der Waals surface area (Å²) in [4.78, 5) is 28.1. The van der Waals surface area contributed by atoms with Crippen LogP contribution in [0.1, 0.15) is 32.3 Å². The van der Waals surface area contributed by atoms with Crippen LogP contribution in [-0.2, 0) is 26.2 Å². The lowest BCUT2D eigenvalue weighted by molar-refractivity contribution is -0.140. The van der Waals surface area contributed by atoms with Gasteiger partial charge in [-0.3, -0.25) is 13.9 Å². The highest BCUT2D eigenvalue weighted by Crippen LogP contribution is 2.27. The van der Waals surface area contributed by atoms with Gasteiger partial charge in [0.2, 0.25) is 11.8 Å². The van der Waals surface area contributed by atoms with Crippen LogP contribution >= 0.6 is 11.6 Å². The van der Waals surface area contributed by atoms with E-state index in [2.05, 4.69) is 5.32 Å². The van der Waals surface area contributed by atoms with Crippen LogP contribution in [-0.4, -0.2) is 44.3 Å². The fourth-order valence-corrected chi connectivity index (χ4v) is 5.53. The summed E-state index contributed by atoms with van der Waals surface area (Å²) in [5.74, 6) is -1.79. The molecule has 0 spiro atoms. The van der Waals surface area contributed by atoms with Crippen LogP contribution in [0.3, 0.4) is 0 Å². The number of sulfonamides is 1. The number of amides is 2. The molecule has 0 saturated heterocycles. The highest BCUT2D eigenvalue weighted by Gasteiger charge is 2.34. The Morgan fingerprint density at radius 1 is 0.947 bits per heavy atom. The summed E-state index contributed by atoms with van der Waals surface area (Å²) in [6.07, 6.45) is 1.00. The molecule has 202 valence electrons. The molecule has 3 aromatic carbocycles. The highest BCUT2D eigenvalue weighted by atomic mass is 35.5. The molecule has 10 heteroatoms. The number of carbonyl (C=O) groups is 2. The second-order valence-electron chi connectivity index (χ2n) is 8.64. The number of hydrogen-bond donors (Lipinski definition) is 1. The van der Waals surface area contributed by atoms with Gasteiger partial charge in [0.15, 0.2) is 0 Å². The minimum absolute atomic E-state index is 0.0323. The van der Waals surface area contributed by atoms with E-state index in [-0.39, 0.29) is 23.0 Å². The summed E-state index contributed by atoms with van der Waals surface area (Å²) in [7, 11) is -4.32. The lowest BCUT2D eigenvalue weighted by atomic mass is 10.1. The topological polar surface area (TPSA) is 86.8 Å². The smallest absolute Gasteiger partial charge is 0.264 e. The van der Waals surface area contributed by atoms with Crippen molar-refractivity contribution in [2.24, 2.45) is 0 Å². The van der Waals surface area contributed by atoms with Gasteiger partial charge >= 0.3 is 0 Å². The van der Waals surface area contributed by atoms with Crippen molar-refractivity contribution in [2.75, 3.05) is 17.4 Å². The maximum Gasteiger partial charge on any atom is 0.264 e. The minimum Gasteiger partial charge on any atom is -0.354 e. The van der Waals surface area contributed by atoms with Crippen LogP contribution in [0.15, 0.2) is 83.8 Å². The van der Waals surface area contributed by atoms with E-state index in [1.807, 2.05) is 6.92 Å². The first-order valence-electron chi connectivity index (χ1n) is 12.3. The van der Waals surface area contributed by atoms with Crippen molar-refractivity contribution in [2.45, 2.75) is 44.2 Å². The number of hydrogen-bond acceptors (Lipinski definition) is 4. The summed E-state index contributed by atoms with van der Waals surface area (Å²) in [6, 6.07) is 18.8. The van der Waals surface area contributed by atoms with Crippen LogP contribution < -0.4 is 9.62 Å². The molecule has 0 saturated carbocycles. The molecule has 7 nitrogen and oxygen atoms in total. The van der Waals surface area contributed by atoms with E-state index < -0.39 is 34.3 Å². The molecule has 3 aromatic rings. The second kappa shape index (κ2) is 13.4. The Bertz CT molecular complexity index is 1340. The largest absolute Gasteiger partial charge is 0.354 e. The van der Waals surface area contributed by atoms with E-state index in [9.17, 15) is 22.4 Å². The third-order valence-electron chi connectivity index (χ3n) is 5.93. The van der Waals surface area contributed by atoms with Crippen molar-refractivity contribution in [1.82, 2.24) is 10.2 Å². The monoisotopic (exact) mass is 559 g/mol. The molecule has 0 aliphatic carbocycles. The number of nitrogens with one attached hydrogen (secondary N) is 1. The maximum absolute atomic E-state index is 14.9. The Morgan fingerprint density at radius 3 is 2.18 bits per heavy atom. The Balaban J connectivity index is 2.04. The first-order valence-corrected chi connectivity index (χ1v) is 14.1. The number of benzene rings is 3. The van der Waals surface area contributed by atoms with Crippen molar-refractivity contribution >= 4 is 39.1 Å². The van der Waals surface area contributed by atoms with Gasteiger partial charge in [0, 0.05) is 18.1 Å². The molecule has 0 aliphatic heterocycles. The molecule has 0 heterocycles. The van der Waals surface area contributed by atoms with Gasteiger partial charge < -0.3 is 10.2 Å². The van der Waals surface area contributed by atoms with Gasteiger partial charge in [-0.25, -0.2) is 12.8 Å². The summed E-state index contributed by atoms with van der Waals surface area (Å²) >= 11 is 6.01. The molecule has 1 N–H and O–H groups in total. The first kappa shape index (κ1) is 29.1. The molecule has 0 radical (unpaired) electrons. The Kier molecular flexibility index (Phi) is 10.3. The van der Waals surface area contributed by atoms with Crippen LogP contribution in [0.25, 0.3) is 0 Å². The molecule has 0 bridgehead atoms. The van der Waals surface area contributed by atoms with Gasteiger partial charge in [0.25, 0.3) is 10.0 Å². The van der Waals surface area contributed by atoms with Crippen molar-refractivity contribution in [3.8, 4) is 0 Å². The molecule has 0 fully saturated rings. The van der Waals surface area contributed by atoms with E-state index in [0.29, 0.717) is 30.0 Å². The minimum atomic E-state index is -4.32. The van der Waals surface area contributed by atoms with E-state index in [1.165, 1.54) is 35.2 Å². The van der Waals surface area contributed by atoms with Gasteiger partial charge in [-0.2, -0.15) is 0 Å². The van der Waals surface area contributed by atoms with E-state index in [0.717, 1.165) is 10.4 Å². The van der Waals surface area contributed by atoms with Crippen LogP contribution in [0.5, 0.6) is 0 Å². The highest BCUT2D eigenvalue weighted by molar-refractivity contribution is 7.92. The lowest BCUT2D eigenvalue weighted by Gasteiger charge is -2.33. The molecular weight excluding hydrogens is 529 g/mol. The number of halogens is 2. The predicted octanol–water partition coefficient (Wildman–Crippen LogP) is 5.01. The number of anilines is 1. The fraction of sp³-hybridized carbons (Fsp3) is 0.286. The summed E-state index contributed by atoms with van der Waals surface area (Å²) in [5, 5.41) is 3.33. The number of para-hydroxylation sites is 1. The van der Waals surface area contributed by atoms with Crippen molar-refractivity contribution in [3.05, 3.63) is 95.3 Å². The van der Waals surface area contributed by atoms with E-state index >= 15 is 0 Å². The zero-order chi connectivity index (χ0) is 27.7. The fourth-order valence-electron chi connectivity index (χ4n) is 3.96. The Hall–Kier alpha value is -3.43. The molecule has 38 heavy (non-hydrogen) atoms. The van der Waals surface area contributed by atoms with Crippen LogP contribution in [0.2, 0.25) is 5.02 Å². The Labute approximate surface area is 228 Å². The molecular formula is C28H31ClFN3O4S. The Morgan fingerprint density at radius 2 is 1.58 bits per heavy atom. The van der Waals surface area contributed by atoms with Crippen molar-refractivity contribution in [3.63, 3.8) is 0 Å². The molecule has 0 unspecified atom stereocenters. The normalized spacial score (nSPS) is 12.0. The van der Waals surface area contributed by atoms with Crippen LogP contribution in [0.4, 0.5) is 10.1 Å². The quantitative estimate of drug-likeness (QED) is 0.338. The van der Waals surface area contributed by atoms with Gasteiger partial charge in [0.1, 0.15) is 18.4 Å². The number of rotatable bonds is 12. The SMILES string of the molecule is CCCNC(=O)[C@H](CC)N(Cc1ccc(Cl)cc1)C(=O)CN(c1ccccc1F)S(=O)(=O)c1ccccc1. The zero-order valence-electron chi connectivity index (χ0n) is 21.3. The predicted molar refractivity (Wildman–Crippen MR) is 147 cm³/mol. The maximum atomic E-state index is 14.9. The average Bonchev–Trinajstić information content (AvgIpc) is 2.92. The molecule has 0 aliphatic rings. The van der Waals surface area contributed by atoms with Crippen molar-refractivity contribution < 1.29 is 22.4 Å². The van der Waals surface area contributed by atoms with Gasteiger partial charge in [0.05, 0.1) is 10.6 Å². The molecule has 3 rings (SSSR count). The number of carbonyl (C=O) groups excluding carboxylic acids is 2. The summed E-state index contributed by atoms with van der Waals surface area (Å²) in [5.41, 5.74) is 0.437. The second-order valence-corrected chi connectivity index (χ2v) is 10.9. The average molecular weight is 560 g/mol. The van der Waals surface area contributed by atoms with Gasteiger partial charge in [-0.1, -0.05) is 67.9 Å².